The van der Waals surface area contributed by atoms with Gasteiger partial charge in [0.25, 0.3) is 5.91 Å². The fourth-order valence-corrected chi connectivity index (χ4v) is 3.71. The van der Waals surface area contributed by atoms with Crippen LogP contribution < -0.4 is 4.74 Å². The highest BCUT2D eigenvalue weighted by molar-refractivity contribution is 5.95. The first kappa shape index (κ1) is 16.1. The Morgan fingerprint density at radius 3 is 2.48 bits per heavy atom. The molecule has 1 aliphatic carbocycles. The van der Waals surface area contributed by atoms with Gasteiger partial charge in [-0.05, 0) is 43.5 Å². The van der Waals surface area contributed by atoms with E-state index in [1.54, 1.807) is 36.3 Å². The van der Waals surface area contributed by atoms with E-state index >= 15 is 0 Å². The number of carbonyl (C=O) groups excluding carboxylic acids is 1. The van der Waals surface area contributed by atoms with Gasteiger partial charge in [0.05, 0.1) is 12.7 Å². The molecule has 3 rings (SSSR count). The van der Waals surface area contributed by atoms with Gasteiger partial charge >= 0.3 is 0 Å². The zero-order valence-electron chi connectivity index (χ0n) is 13.7. The van der Waals surface area contributed by atoms with E-state index in [-0.39, 0.29) is 11.8 Å². The predicted octanol–water partition coefficient (Wildman–Crippen LogP) is 3.37. The third-order valence-corrected chi connectivity index (χ3v) is 5.19. The molecule has 0 bridgehead atoms. The van der Waals surface area contributed by atoms with Crippen LogP contribution in [0.3, 0.4) is 0 Å². The molecule has 1 heterocycles. The molecule has 0 aromatic heterocycles. The van der Waals surface area contributed by atoms with Crippen molar-refractivity contribution in [2.45, 2.75) is 44.1 Å². The van der Waals surface area contributed by atoms with Crippen molar-refractivity contribution in [3.8, 4) is 5.75 Å². The summed E-state index contributed by atoms with van der Waals surface area (Å²) in [6.07, 6.45) is 9.91. The first-order valence-electron chi connectivity index (χ1n) is 8.48. The monoisotopic (exact) mass is 315 g/mol. The van der Waals surface area contributed by atoms with Gasteiger partial charge in [-0.25, -0.2) is 0 Å². The number of aliphatic hydroxyl groups is 1. The van der Waals surface area contributed by atoms with Crippen LogP contribution in [0.25, 0.3) is 0 Å². The van der Waals surface area contributed by atoms with E-state index in [0.717, 1.165) is 37.9 Å². The molecule has 1 unspecified atom stereocenters. The highest BCUT2D eigenvalue weighted by Crippen LogP contribution is 2.38. The summed E-state index contributed by atoms with van der Waals surface area (Å²) in [5, 5.41) is 10.8. The number of amides is 1. The lowest BCUT2D eigenvalue weighted by Crippen LogP contribution is -2.43. The lowest BCUT2D eigenvalue weighted by atomic mass is 9.73. The number of carbonyl (C=O) groups is 1. The van der Waals surface area contributed by atoms with Gasteiger partial charge < -0.3 is 14.7 Å². The molecule has 1 aromatic rings. The van der Waals surface area contributed by atoms with Crippen LogP contribution >= 0.6 is 0 Å². The Balaban J connectivity index is 1.66. The molecular formula is C19H25NO3. The van der Waals surface area contributed by atoms with Crippen LogP contribution in [0, 0.1) is 5.92 Å². The molecule has 1 aliphatic heterocycles. The van der Waals surface area contributed by atoms with Crippen LogP contribution in [0.15, 0.2) is 36.5 Å². The van der Waals surface area contributed by atoms with Gasteiger partial charge in [-0.2, -0.15) is 0 Å². The largest absolute Gasteiger partial charge is 0.497 e. The molecule has 2 aliphatic rings. The lowest BCUT2D eigenvalue weighted by molar-refractivity contribution is -0.0393. The third-order valence-electron chi connectivity index (χ3n) is 5.19. The van der Waals surface area contributed by atoms with Crippen molar-refractivity contribution in [3.63, 3.8) is 0 Å². The van der Waals surface area contributed by atoms with Crippen LogP contribution in [0.1, 0.15) is 48.9 Å². The normalized spacial score (nSPS) is 23.6. The molecule has 1 saturated carbocycles. The molecule has 0 radical (unpaired) electrons. The van der Waals surface area contributed by atoms with Gasteiger partial charge in [-0.15, -0.1) is 0 Å². The Labute approximate surface area is 137 Å². The van der Waals surface area contributed by atoms with Crippen molar-refractivity contribution in [1.82, 2.24) is 4.90 Å². The second-order valence-corrected chi connectivity index (χ2v) is 6.63. The van der Waals surface area contributed by atoms with E-state index in [0.29, 0.717) is 12.1 Å². The van der Waals surface area contributed by atoms with Crippen molar-refractivity contribution in [2.24, 2.45) is 5.92 Å². The maximum atomic E-state index is 12.5. The fourth-order valence-electron chi connectivity index (χ4n) is 3.71. The van der Waals surface area contributed by atoms with Gasteiger partial charge in [-0.3, -0.25) is 4.79 Å². The SMILES string of the molecule is COc1ccc(C(=O)N2C=CC(C3(O)CCCCC3)CC2)cc1. The van der Waals surface area contributed by atoms with Crippen LogP contribution in [-0.2, 0) is 0 Å². The van der Waals surface area contributed by atoms with Crippen molar-refractivity contribution in [2.75, 3.05) is 13.7 Å². The molecule has 23 heavy (non-hydrogen) atoms. The molecule has 1 amide bonds. The summed E-state index contributed by atoms with van der Waals surface area (Å²) in [5.74, 6) is 0.913. The van der Waals surface area contributed by atoms with Gasteiger partial charge in [0, 0.05) is 24.2 Å². The topological polar surface area (TPSA) is 49.8 Å². The van der Waals surface area contributed by atoms with Crippen molar-refractivity contribution in [1.29, 1.82) is 0 Å². The minimum absolute atomic E-state index is 0.00186. The van der Waals surface area contributed by atoms with Crippen molar-refractivity contribution < 1.29 is 14.6 Å². The Bertz CT molecular complexity index is 573. The lowest BCUT2D eigenvalue weighted by Gasteiger charge is -2.40. The second kappa shape index (κ2) is 6.75. The van der Waals surface area contributed by atoms with E-state index in [1.165, 1.54) is 6.42 Å². The van der Waals surface area contributed by atoms with Crippen LogP contribution in [-0.4, -0.2) is 35.2 Å². The molecule has 1 atom stereocenters. The Morgan fingerprint density at radius 1 is 1.22 bits per heavy atom. The maximum Gasteiger partial charge on any atom is 0.257 e. The maximum absolute atomic E-state index is 12.5. The smallest absolute Gasteiger partial charge is 0.257 e. The van der Waals surface area contributed by atoms with E-state index in [1.807, 2.05) is 12.3 Å². The molecule has 4 nitrogen and oxygen atoms in total. The second-order valence-electron chi connectivity index (χ2n) is 6.63. The van der Waals surface area contributed by atoms with Crippen LogP contribution in [0.5, 0.6) is 5.75 Å². The summed E-state index contributed by atoms with van der Waals surface area (Å²) in [4.78, 5) is 14.3. The third kappa shape index (κ3) is 3.42. The number of nitrogens with zero attached hydrogens (tertiary/aromatic N) is 1. The van der Waals surface area contributed by atoms with Gasteiger partial charge in [-0.1, -0.05) is 25.3 Å². The molecule has 4 heteroatoms. The number of ether oxygens (including phenoxy) is 1. The van der Waals surface area contributed by atoms with E-state index in [2.05, 4.69) is 0 Å². The molecule has 1 N–H and O–H groups in total. The first-order chi connectivity index (χ1) is 11.1. The Hall–Kier alpha value is -1.81. The van der Waals surface area contributed by atoms with Gasteiger partial charge in [0.15, 0.2) is 0 Å². The quantitative estimate of drug-likeness (QED) is 0.930. The number of hydrogen-bond donors (Lipinski definition) is 1. The summed E-state index contributed by atoms with van der Waals surface area (Å²) in [7, 11) is 1.61. The molecule has 0 saturated heterocycles. The summed E-state index contributed by atoms with van der Waals surface area (Å²) < 4.78 is 5.12. The zero-order valence-corrected chi connectivity index (χ0v) is 13.7. The van der Waals surface area contributed by atoms with Crippen LogP contribution in [0.2, 0.25) is 0 Å². The van der Waals surface area contributed by atoms with E-state index in [9.17, 15) is 9.90 Å². The van der Waals surface area contributed by atoms with E-state index in [4.69, 9.17) is 4.74 Å². The molecule has 124 valence electrons. The minimum Gasteiger partial charge on any atom is -0.497 e. The highest BCUT2D eigenvalue weighted by Gasteiger charge is 2.37. The average Bonchev–Trinajstić information content (AvgIpc) is 2.62. The number of rotatable bonds is 3. The summed E-state index contributed by atoms with van der Waals surface area (Å²) in [6.45, 7) is 0.661. The fraction of sp³-hybridized carbons (Fsp3) is 0.526. The molecular weight excluding hydrogens is 290 g/mol. The summed E-state index contributed by atoms with van der Waals surface area (Å²) in [5.41, 5.74) is 0.0922. The van der Waals surface area contributed by atoms with Crippen molar-refractivity contribution in [3.05, 3.63) is 42.1 Å². The molecule has 1 aromatic carbocycles. The summed E-state index contributed by atoms with van der Waals surface area (Å²) >= 11 is 0. The van der Waals surface area contributed by atoms with E-state index < -0.39 is 5.60 Å². The molecule has 0 spiro atoms. The zero-order chi connectivity index (χ0) is 16.3. The minimum atomic E-state index is -0.565. The van der Waals surface area contributed by atoms with Crippen LogP contribution in [0.4, 0.5) is 0 Å². The van der Waals surface area contributed by atoms with Crippen molar-refractivity contribution >= 4 is 5.91 Å². The Morgan fingerprint density at radius 2 is 1.91 bits per heavy atom. The number of methoxy groups -OCH3 is 1. The standard InChI is InChI=1S/C19H25NO3/c1-23-17-7-5-15(6-8-17)18(21)20-13-9-16(10-14-20)19(22)11-3-2-4-12-19/h5-9,13,16,22H,2-4,10-12,14H2,1H3. The Kier molecular flexibility index (Phi) is 4.71. The highest BCUT2D eigenvalue weighted by atomic mass is 16.5. The predicted molar refractivity (Wildman–Crippen MR) is 89.3 cm³/mol. The number of hydrogen-bond acceptors (Lipinski definition) is 3. The van der Waals surface area contributed by atoms with Gasteiger partial charge in [0.2, 0.25) is 0 Å². The molecule has 1 fully saturated rings. The first-order valence-corrected chi connectivity index (χ1v) is 8.48. The summed E-state index contributed by atoms with van der Waals surface area (Å²) in [6, 6.07) is 7.18. The average molecular weight is 315 g/mol. The van der Waals surface area contributed by atoms with Gasteiger partial charge in [0.1, 0.15) is 5.75 Å². The number of benzene rings is 1.